The van der Waals surface area contributed by atoms with Gasteiger partial charge in [0.1, 0.15) is 17.4 Å². The molecule has 9 nitrogen and oxygen atoms in total. The number of likely N-dealkylation sites (tertiary alicyclic amines) is 1. The number of carbonyl (C=O) groups excluding carboxylic acids is 3. The molecule has 1 fully saturated rings. The van der Waals surface area contributed by atoms with Gasteiger partial charge in [0.25, 0.3) is 5.91 Å². The molecule has 3 amide bonds. The van der Waals surface area contributed by atoms with Gasteiger partial charge in [0, 0.05) is 26.2 Å². The molecule has 9 heteroatoms. The third-order valence-corrected chi connectivity index (χ3v) is 4.60. The average Bonchev–Trinajstić information content (AvgIpc) is 2.69. The molecule has 0 aromatic carbocycles. The first kappa shape index (κ1) is 23.1. The number of pyridine rings is 1. The minimum absolute atomic E-state index is 0.151. The summed E-state index contributed by atoms with van der Waals surface area (Å²) in [6.07, 6.45) is 0.876. The van der Waals surface area contributed by atoms with E-state index in [9.17, 15) is 14.4 Å². The van der Waals surface area contributed by atoms with Crippen molar-refractivity contribution in [1.82, 2.24) is 20.5 Å². The van der Waals surface area contributed by atoms with Crippen LogP contribution >= 0.6 is 0 Å². The van der Waals surface area contributed by atoms with Crippen LogP contribution in [0.3, 0.4) is 0 Å². The molecule has 30 heavy (non-hydrogen) atoms. The first-order chi connectivity index (χ1) is 14.1. The van der Waals surface area contributed by atoms with Crippen molar-refractivity contribution >= 4 is 17.9 Å². The number of alkyl carbamates (subject to hydrolysis) is 1. The third kappa shape index (κ3) is 6.72. The van der Waals surface area contributed by atoms with Gasteiger partial charge < -0.3 is 20.3 Å². The molecule has 162 valence electrons. The summed E-state index contributed by atoms with van der Waals surface area (Å²) in [5, 5.41) is 14.4. The van der Waals surface area contributed by atoms with Crippen molar-refractivity contribution in [3.63, 3.8) is 0 Å². The standard InChI is InChI=1S/C21H29N5O4/c1-14-15(12-22)7-8-17(25-14)19(28)26-11-5-6-16(13-26)18(27)23-9-10-24-20(29)30-21(2,3)4/h7-8,16H,5-6,9-11,13H2,1-4H3,(H,23,27)(H,24,29). The van der Waals surface area contributed by atoms with Gasteiger partial charge in [-0.05, 0) is 52.7 Å². The zero-order chi connectivity index (χ0) is 22.3. The Kier molecular flexibility index (Phi) is 7.75. The van der Waals surface area contributed by atoms with E-state index in [-0.39, 0.29) is 36.5 Å². The molecule has 2 N–H and O–H groups in total. The normalized spacial score (nSPS) is 16.4. The maximum atomic E-state index is 12.8. The first-order valence-corrected chi connectivity index (χ1v) is 10.0. The van der Waals surface area contributed by atoms with E-state index in [0.717, 1.165) is 6.42 Å². The average molecular weight is 415 g/mol. The largest absolute Gasteiger partial charge is 0.444 e. The Morgan fingerprint density at radius 3 is 2.60 bits per heavy atom. The van der Waals surface area contributed by atoms with Crippen LogP contribution < -0.4 is 10.6 Å². The van der Waals surface area contributed by atoms with E-state index < -0.39 is 11.7 Å². The maximum Gasteiger partial charge on any atom is 0.407 e. The number of ether oxygens (including phenoxy) is 1. The number of aromatic nitrogens is 1. The number of hydrogen-bond donors (Lipinski definition) is 2. The van der Waals surface area contributed by atoms with Crippen LogP contribution in [0, 0.1) is 24.2 Å². The topological polar surface area (TPSA) is 124 Å². The fraction of sp³-hybridized carbons (Fsp3) is 0.571. The highest BCUT2D eigenvalue weighted by Gasteiger charge is 2.29. The second-order valence-electron chi connectivity index (χ2n) is 8.25. The molecule has 0 radical (unpaired) electrons. The summed E-state index contributed by atoms with van der Waals surface area (Å²) in [5.41, 5.74) is 0.636. The van der Waals surface area contributed by atoms with Crippen LogP contribution in [0.25, 0.3) is 0 Å². The predicted octanol–water partition coefficient (Wildman–Crippen LogP) is 1.75. The molecule has 1 aliphatic heterocycles. The van der Waals surface area contributed by atoms with Crippen molar-refractivity contribution < 1.29 is 19.1 Å². The second kappa shape index (κ2) is 10.1. The van der Waals surface area contributed by atoms with Gasteiger partial charge in [-0.25, -0.2) is 9.78 Å². The van der Waals surface area contributed by atoms with E-state index in [1.54, 1.807) is 44.7 Å². The van der Waals surface area contributed by atoms with Crippen molar-refractivity contribution in [2.45, 2.75) is 46.1 Å². The van der Waals surface area contributed by atoms with Crippen LogP contribution in [-0.4, -0.2) is 59.6 Å². The molecule has 1 aromatic rings. The minimum Gasteiger partial charge on any atom is -0.444 e. The molecule has 1 unspecified atom stereocenters. The molecule has 0 bridgehead atoms. The molecule has 2 rings (SSSR count). The molecule has 1 saturated heterocycles. The molecule has 1 aliphatic rings. The molecule has 0 saturated carbocycles. The summed E-state index contributed by atoms with van der Waals surface area (Å²) < 4.78 is 5.14. The number of nitrogens with zero attached hydrogens (tertiary/aromatic N) is 3. The highest BCUT2D eigenvalue weighted by atomic mass is 16.6. The van der Waals surface area contributed by atoms with Crippen molar-refractivity contribution in [3.05, 3.63) is 29.1 Å². The van der Waals surface area contributed by atoms with Gasteiger partial charge in [-0.2, -0.15) is 5.26 Å². The summed E-state index contributed by atoms with van der Waals surface area (Å²) in [5.74, 6) is -0.710. The van der Waals surface area contributed by atoms with Crippen LogP contribution in [0.15, 0.2) is 12.1 Å². The SMILES string of the molecule is Cc1nc(C(=O)N2CCCC(C(=O)NCCNC(=O)OC(C)(C)C)C2)ccc1C#N. The lowest BCUT2D eigenvalue weighted by molar-refractivity contribution is -0.126. The Morgan fingerprint density at radius 1 is 1.27 bits per heavy atom. The van der Waals surface area contributed by atoms with Crippen molar-refractivity contribution in [2.75, 3.05) is 26.2 Å². The van der Waals surface area contributed by atoms with E-state index in [1.807, 2.05) is 6.07 Å². The van der Waals surface area contributed by atoms with Crippen LogP contribution in [0.2, 0.25) is 0 Å². The van der Waals surface area contributed by atoms with Gasteiger partial charge in [0.15, 0.2) is 0 Å². The number of amides is 3. The number of aryl methyl sites for hydroxylation is 1. The van der Waals surface area contributed by atoms with E-state index in [0.29, 0.717) is 30.8 Å². The maximum absolute atomic E-state index is 12.8. The Bertz CT molecular complexity index is 841. The quantitative estimate of drug-likeness (QED) is 0.706. The van der Waals surface area contributed by atoms with Crippen molar-refractivity contribution in [2.24, 2.45) is 5.92 Å². The molecule has 1 aromatic heterocycles. The lowest BCUT2D eigenvalue weighted by Crippen LogP contribution is -2.47. The van der Waals surface area contributed by atoms with Crippen LogP contribution in [0.1, 0.15) is 55.4 Å². The smallest absolute Gasteiger partial charge is 0.407 e. The van der Waals surface area contributed by atoms with Gasteiger partial charge in [-0.3, -0.25) is 9.59 Å². The first-order valence-electron chi connectivity index (χ1n) is 10.0. The van der Waals surface area contributed by atoms with E-state index in [4.69, 9.17) is 10.00 Å². The van der Waals surface area contributed by atoms with Gasteiger partial charge in [-0.15, -0.1) is 0 Å². The van der Waals surface area contributed by atoms with Crippen LogP contribution in [0.5, 0.6) is 0 Å². The molecular formula is C21H29N5O4. The predicted molar refractivity (Wildman–Crippen MR) is 110 cm³/mol. The number of hydrogen-bond acceptors (Lipinski definition) is 6. The van der Waals surface area contributed by atoms with Crippen LogP contribution in [0.4, 0.5) is 4.79 Å². The Hall–Kier alpha value is -3.15. The number of nitrogens with one attached hydrogen (secondary N) is 2. The summed E-state index contributed by atoms with van der Waals surface area (Å²) in [6, 6.07) is 5.16. The highest BCUT2D eigenvalue weighted by molar-refractivity contribution is 5.93. The molecule has 0 spiro atoms. The van der Waals surface area contributed by atoms with Gasteiger partial charge in [0.05, 0.1) is 17.2 Å². The Morgan fingerprint density at radius 2 is 1.97 bits per heavy atom. The molecule has 1 atom stereocenters. The zero-order valence-corrected chi connectivity index (χ0v) is 17.9. The summed E-state index contributed by atoms with van der Waals surface area (Å²) >= 11 is 0. The third-order valence-electron chi connectivity index (χ3n) is 4.60. The summed E-state index contributed by atoms with van der Waals surface area (Å²) in [7, 11) is 0. The van der Waals surface area contributed by atoms with Crippen molar-refractivity contribution in [1.29, 1.82) is 5.26 Å². The summed E-state index contributed by atoms with van der Waals surface area (Å²) in [4.78, 5) is 42.7. The van der Waals surface area contributed by atoms with Gasteiger partial charge >= 0.3 is 6.09 Å². The van der Waals surface area contributed by atoms with Crippen molar-refractivity contribution in [3.8, 4) is 6.07 Å². The monoisotopic (exact) mass is 415 g/mol. The number of nitriles is 1. The van der Waals surface area contributed by atoms with Crippen LogP contribution in [-0.2, 0) is 9.53 Å². The van der Waals surface area contributed by atoms with E-state index in [2.05, 4.69) is 15.6 Å². The van der Waals surface area contributed by atoms with E-state index in [1.165, 1.54) is 0 Å². The molecule has 2 heterocycles. The highest BCUT2D eigenvalue weighted by Crippen LogP contribution is 2.19. The van der Waals surface area contributed by atoms with E-state index >= 15 is 0 Å². The zero-order valence-electron chi connectivity index (χ0n) is 17.9. The summed E-state index contributed by atoms with van der Waals surface area (Å²) in [6.45, 7) is 8.42. The molecule has 0 aliphatic carbocycles. The van der Waals surface area contributed by atoms with Gasteiger partial charge in [0.2, 0.25) is 5.91 Å². The number of rotatable bonds is 5. The lowest BCUT2D eigenvalue weighted by atomic mass is 9.96. The number of carbonyl (C=O) groups is 3. The Balaban J connectivity index is 1.83. The fourth-order valence-electron chi connectivity index (χ4n) is 3.14. The minimum atomic E-state index is -0.576. The fourth-order valence-corrected chi connectivity index (χ4v) is 3.14. The Labute approximate surface area is 176 Å². The second-order valence-corrected chi connectivity index (χ2v) is 8.25. The molecular weight excluding hydrogens is 386 g/mol. The lowest BCUT2D eigenvalue weighted by Gasteiger charge is -2.32. The van der Waals surface area contributed by atoms with Gasteiger partial charge in [-0.1, -0.05) is 0 Å². The number of piperidine rings is 1.